The van der Waals surface area contributed by atoms with Gasteiger partial charge in [-0.15, -0.1) is 0 Å². The number of hydrogen-bond donors (Lipinski definition) is 1. The molecule has 0 amide bonds. The van der Waals surface area contributed by atoms with E-state index in [1.807, 2.05) is 0 Å². The summed E-state index contributed by atoms with van der Waals surface area (Å²) in [7, 11) is 0. The molecule has 2 aromatic carbocycles. The Bertz CT molecular complexity index is 658. The zero-order valence-electron chi connectivity index (χ0n) is 10.4. The van der Waals surface area contributed by atoms with Gasteiger partial charge in [-0.1, -0.05) is 17.7 Å². The minimum absolute atomic E-state index is 0.113. The molecule has 0 saturated heterocycles. The van der Waals surface area contributed by atoms with Crippen LogP contribution >= 0.6 is 27.5 Å². The van der Waals surface area contributed by atoms with Crippen molar-refractivity contribution in [2.45, 2.75) is 12.7 Å². The Hall–Kier alpha value is -1.27. The third-order valence-electron chi connectivity index (χ3n) is 2.75. The van der Waals surface area contributed by atoms with Gasteiger partial charge in [0, 0.05) is 16.0 Å². The van der Waals surface area contributed by atoms with E-state index in [4.69, 9.17) is 11.6 Å². The van der Waals surface area contributed by atoms with Crippen molar-refractivity contribution in [3.63, 3.8) is 0 Å². The van der Waals surface area contributed by atoms with E-state index in [2.05, 4.69) is 21.2 Å². The van der Waals surface area contributed by atoms with Crippen LogP contribution in [0.25, 0.3) is 0 Å². The molecule has 0 aliphatic carbocycles. The molecule has 1 N–H and O–H groups in total. The molecule has 0 aliphatic rings. The lowest BCUT2D eigenvalue weighted by molar-refractivity contribution is -0.140. The summed E-state index contributed by atoms with van der Waals surface area (Å²) in [6, 6.07) is 7.94. The zero-order valence-corrected chi connectivity index (χ0v) is 12.8. The minimum atomic E-state index is -4.71. The molecule has 0 aliphatic heterocycles. The van der Waals surface area contributed by atoms with Gasteiger partial charge in [0.25, 0.3) is 0 Å². The molecule has 112 valence electrons. The Kier molecular flexibility index (Phi) is 4.78. The molecule has 0 unspecified atom stereocenters. The molecule has 0 saturated carbocycles. The zero-order chi connectivity index (χ0) is 15.6. The SMILES string of the molecule is Fc1ccc(CNc2cc(Cl)ccc2Br)cc1C(F)(F)F. The van der Waals surface area contributed by atoms with Crippen molar-refractivity contribution in [2.24, 2.45) is 0 Å². The van der Waals surface area contributed by atoms with E-state index in [-0.39, 0.29) is 6.54 Å². The second-order valence-electron chi connectivity index (χ2n) is 4.29. The van der Waals surface area contributed by atoms with Crippen LogP contribution in [0.3, 0.4) is 0 Å². The van der Waals surface area contributed by atoms with Gasteiger partial charge in [-0.05, 0) is 51.8 Å². The van der Waals surface area contributed by atoms with Gasteiger partial charge in [0.15, 0.2) is 0 Å². The maximum atomic E-state index is 13.2. The van der Waals surface area contributed by atoms with E-state index in [9.17, 15) is 17.6 Å². The summed E-state index contributed by atoms with van der Waals surface area (Å²) in [4.78, 5) is 0. The first-order valence-corrected chi connectivity index (χ1v) is 6.99. The Morgan fingerprint density at radius 3 is 2.48 bits per heavy atom. The fraction of sp³-hybridized carbons (Fsp3) is 0.143. The van der Waals surface area contributed by atoms with Crippen LogP contribution in [0.4, 0.5) is 23.2 Å². The lowest BCUT2D eigenvalue weighted by Gasteiger charge is -2.12. The van der Waals surface area contributed by atoms with Crippen LogP contribution in [-0.2, 0) is 12.7 Å². The van der Waals surface area contributed by atoms with Gasteiger partial charge in [-0.2, -0.15) is 13.2 Å². The molecular formula is C14H9BrClF4N. The van der Waals surface area contributed by atoms with E-state index in [1.54, 1.807) is 18.2 Å². The normalized spacial score (nSPS) is 11.5. The van der Waals surface area contributed by atoms with Crippen LogP contribution in [0.1, 0.15) is 11.1 Å². The average molecular weight is 383 g/mol. The van der Waals surface area contributed by atoms with Crippen molar-refractivity contribution < 1.29 is 17.6 Å². The molecule has 2 aromatic rings. The number of rotatable bonds is 3. The summed E-state index contributed by atoms with van der Waals surface area (Å²) in [5.74, 6) is -1.28. The van der Waals surface area contributed by atoms with Crippen LogP contribution in [0.2, 0.25) is 5.02 Å². The minimum Gasteiger partial charge on any atom is -0.380 e. The molecule has 1 nitrogen and oxygen atoms in total. The second-order valence-corrected chi connectivity index (χ2v) is 5.58. The van der Waals surface area contributed by atoms with Crippen molar-refractivity contribution in [3.05, 3.63) is 62.8 Å². The first-order chi connectivity index (χ1) is 9.77. The topological polar surface area (TPSA) is 12.0 Å². The van der Waals surface area contributed by atoms with Crippen LogP contribution in [0.15, 0.2) is 40.9 Å². The van der Waals surface area contributed by atoms with Crippen molar-refractivity contribution in [2.75, 3.05) is 5.32 Å². The molecular weight excluding hydrogens is 374 g/mol. The lowest BCUT2D eigenvalue weighted by Crippen LogP contribution is -2.10. The number of halogens is 6. The second kappa shape index (κ2) is 6.23. The fourth-order valence-corrected chi connectivity index (χ4v) is 2.29. The number of benzene rings is 2. The standard InChI is InChI=1S/C14H9BrClF4N/c15-11-3-2-9(16)6-13(11)21-7-8-1-4-12(17)10(5-8)14(18,19)20/h1-6,21H,7H2. The van der Waals surface area contributed by atoms with Crippen molar-refractivity contribution >= 4 is 33.2 Å². The molecule has 0 atom stereocenters. The number of alkyl halides is 3. The summed E-state index contributed by atoms with van der Waals surface area (Å²) in [5, 5.41) is 3.44. The van der Waals surface area contributed by atoms with E-state index >= 15 is 0 Å². The van der Waals surface area contributed by atoms with Gasteiger partial charge >= 0.3 is 6.18 Å². The molecule has 0 heterocycles. The van der Waals surface area contributed by atoms with E-state index in [0.29, 0.717) is 16.3 Å². The van der Waals surface area contributed by atoms with Gasteiger partial charge in [-0.25, -0.2) is 4.39 Å². The highest BCUT2D eigenvalue weighted by Crippen LogP contribution is 2.32. The number of hydrogen-bond acceptors (Lipinski definition) is 1. The molecule has 0 bridgehead atoms. The van der Waals surface area contributed by atoms with E-state index in [0.717, 1.165) is 16.6 Å². The highest BCUT2D eigenvalue weighted by Gasteiger charge is 2.34. The van der Waals surface area contributed by atoms with Crippen LogP contribution < -0.4 is 5.32 Å². The first kappa shape index (κ1) is 16.1. The van der Waals surface area contributed by atoms with E-state index in [1.165, 1.54) is 6.07 Å². The number of nitrogens with one attached hydrogen (secondary N) is 1. The quantitative estimate of drug-likeness (QED) is 0.654. The van der Waals surface area contributed by atoms with Gasteiger partial charge in [-0.3, -0.25) is 0 Å². The summed E-state index contributed by atoms with van der Waals surface area (Å²) in [5.41, 5.74) is -0.317. The predicted molar refractivity (Wildman–Crippen MR) is 77.9 cm³/mol. The first-order valence-electron chi connectivity index (χ1n) is 5.82. The lowest BCUT2D eigenvalue weighted by atomic mass is 10.1. The summed E-state index contributed by atoms with van der Waals surface area (Å²) < 4.78 is 51.8. The smallest absolute Gasteiger partial charge is 0.380 e. The maximum Gasteiger partial charge on any atom is 0.419 e. The van der Waals surface area contributed by atoms with Crippen LogP contribution in [0, 0.1) is 5.82 Å². The third-order valence-corrected chi connectivity index (χ3v) is 3.67. The Balaban J connectivity index is 2.19. The monoisotopic (exact) mass is 381 g/mol. The van der Waals surface area contributed by atoms with Gasteiger partial charge in [0.2, 0.25) is 0 Å². The molecule has 0 aromatic heterocycles. The molecule has 2 rings (SSSR count). The van der Waals surface area contributed by atoms with Crippen molar-refractivity contribution in [1.29, 1.82) is 0 Å². The Morgan fingerprint density at radius 2 is 1.81 bits per heavy atom. The predicted octanol–water partition coefficient (Wildman–Crippen LogP) is 5.87. The fourth-order valence-electron chi connectivity index (χ4n) is 1.73. The van der Waals surface area contributed by atoms with Gasteiger partial charge < -0.3 is 5.32 Å². The van der Waals surface area contributed by atoms with Crippen molar-refractivity contribution in [3.8, 4) is 0 Å². The Morgan fingerprint density at radius 1 is 1.10 bits per heavy atom. The van der Waals surface area contributed by atoms with Gasteiger partial charge in [0.05, 0.1) is 11.3 Å². The van der Waals surface area contributed by atoms with Crippen molar-refractivity contribution in [1.82, 2.24) is 0 Å². The summed E-state index contributed by atoms with van der Waals surface area (Å²) >= 11 is 9.15. The average Bonchev–Trinajstić information content (AvgIpc) is 2.40. The van der Waals surface area contributed by atoms with Crippen LogP contribution in [-0.4, -0.2) is 0 Å². The molecule has 7 heteroatoms. The highest BCUT2D eigenvalue weighted by molar-refractivity contribution is 9.10. The van der Waals surface area contributed by atoms with Gasteiger partial charge in [0.1, 0.15) is 5.82 Å². The maximum absolute atomic E-state index is 13.2. The summed E-state index contributed by atoms with van der Waals surface area (Å²) in [6.07, 6.45) is -4.71. The largest absolute Gasteiger partial charge is 0.419 e. The Labute approximate surface area is 132 Å². The molecule has 21 heavy (non-hydrogen) atoms. The molecule has 0 fully saturated rings. The van der Waals surface area contributed by atoms with Crippen LogP contribution in [0.5, 0.6) is 0 Å². The van der Waals surface area contributed by atoms with E-state index < -0.39 is 17.6 Å². The molecule has 0 spiro atoms. The third kappa shape index (κ3) is 4.11. The summed E-state index contributed by atoms with van der Waals surface area (Å²) in [6.45, 7) is 0.113. The highest BCUT2D eigenvalue weighted by atomic mass is 79.9. The molecule has 0 radical (unpaired) electrons. The number of anilines is 1.